The maximum absolute atomic E-state index is 13.4. The van der Waals surface area contributed by atoms with E-state index in [0.717, 1.165) is 5.69 Å². The molecule has 198 valence electrons. The largest absolute Gasteiger partial charge is 0.439 e. The van der Waals surface area contributed by atoms with Crippen molar-refractivity contribution in [1.82, 2.24) is 15.1 Å². The van der Waals surface area contributed by atoms with Crippen LogP contribution >= 0.6 is 23.8 Å². The Bertz CT molecular complexity index is 1380. The zero-order valence-corrected chi connectivity index (χ0v) is 22.0. The van der Waals surface area contributed by atoms with Crippen molar-refractivity contribution in [3.63, 3.8) is 0 Å². The highest BCUT2D eigenvalue weighted by atomic mass is 35.5. The van der Waals surface area contributed by atoms with Gasteiger partial charge in [-0.3, -0.25) is 14.4 Å². The van der Waals surface area contributed by atoms with Gasteiger partial charge in [-0.1, -0.05) is 11.6 Å². The predicted octanol–water partition coefficient (Wildman–Crippen LogP) is 1.83. The number of rotatable bonds is 10. The monoisotopic (exact) mass is 569 g/mol. The van der Waals surface area contributed by atoms with Crippen molar-refractivity contribution in [3.8, 4) is 5.75 Å². The number of hydrogen-bond acceptors (Lipinski definition) is 9. The number of aromatic amines is 1. The molecule has 3 N–H and O–H groups in total. The number of amides is 1. The number of ether oxygens (including phenoxy) is 2. The molecule has 4 rings (SSSR count). The Balaban J connectivity index is 1.68. The highest BCUT2D eigenvalue weighted by Gasteiger charge is 2.40. The molecule has 2 aliphatic heterocycles. The first-order chi connectivity index (χ1) is 17.6. The molecule has 12 nitrogen and oxygen atoms in total. The summed E-state index contributed by atoms with van der Waals surface area (Å²) >= 11 is 11.7. The Kier molecular flexibility index (Phi) is 8.16. The van der Waals surface area contributed by atoms with E-state index in [-0.39, 0.29) is 49.6 Å². The number of benzene rings is 1. The van der Waals surface area contributed by atoms with Gasteiger partial charge in [-0.15, -0.1) is 0 Å². The average Bonchev–Trinajstić information content (AvgIpc) is 3.47. The first-order valence-electron chi connectivity index (χ1n) is 11.1. The fourth-order valence-corrected chi connectivity index (χ4v) is 4.69. The zero-order chi connectivity index (χ0) is 26.7. The lowest BCUT2D eigenvalue weighted by Crippen LogP contribution is -2.34. The van der Waals surface area contributed by atoms with Gasteiger partial charge in [-0.05, 0) is 43.4 Å². The fraction of sp³-hybridized carbons (Fsp3) is 0.318. The molecule has 3 heterocycles. The van der Waals surface area contributed by atoms with Gasteiger partial charge in [0.05, 0.1) is 31.3 Å². The SMILES string of the molecule is Cc1cc(N2C(=O)C(=CC=C3Oc4ccc(Cl)cc4N3CCS(=O)(=O)O)N(CCOCCO)C2=S)n[nH]1. The van der Waals surface area contributed by atoms with Crippen LogP contribution in [0.3, 0.4) is 0 Å². The molecule has 1 fully saturated rings. The molecule has 1 aromatic heterocycles. The molecule has 1 amide bonds. The summed E-state index contributed by atoms with van der Waals surface area (Å²) in [6.45, 7) is 2.09. The van der Waals surface area contributed by atoms with Crippen LogP contribution in [0.1, 0.15) is 5.69 Å². The van der Waals surface area contributed by atoms with E-state index in [4.69, 9.17) is 38.4 Å². The number of halogens is 1. The summed E-state index contributed by atoms with van der Waals surface area (Å²) < 4.78 is 43.3. The maximum Gasteiger partial charge on any atom is 0.282 e. The average molecular weight is 570 g/mol. The molecule has 1 saturated heterocycles. The fourth-order valence-electron chi connectivity index (χ4n) is 3.75. The minimum Gasteiger partial charge on any atom is -0.439 e. The highest BCUT2D eigenvalue weighted by molar-refractivity contribution is 7.85. The van der Waals surface area contributed by atoms with Crippen LogP contribution in [0.25, 0.3) is 0 Å². The normalized spacial score (nSPS) is 17.9. The first-order valence-corrected chi connectivity index (χ1v) is 13.5. The molecule has 0 radical (unpaired) electrons. The van der Waals surface area contributed by atoms with E-state index in [2.05, 4.69) is 10.2 Å². The van der Waals surface area contributed by atoms with Crippen LogP contribution in [0, 0.1) is 6.92 Å². The summed E-state index contributed by atoms with van der Waals surface area (Å²) in [5, 5.41) is 16.5. The Hall–Kier alpha value is -3.01. The van der Waals surface area contributed by atoms with Crippen LogP contribution in [0.5, 0.6) is 5.75 Å². The Morgan fingerprint density at radius 2 is 2.00 bits per heavy atom. The third kappa shape index (κ3) is 6.11. The molecular weight excluding hydrogens is 546 g/mol. The van der Waals surface area contributed by atoms with Crippen molar-refractivity contribution < 1.29 is 32.3 Å². The van der Waals surface area contributed by atoms with E-state index >= 15 is 0 Å². The number of fused-ring (bicyclic) bond motifs is 1. The lowest BCUT2D eigenvalue weighted by molar-refractivity contribution is -0.114. The molecule has 1 aromatic carbocycles. The van der Waals surface area contributed by atoms with Gasteiger partial charge in [0.1, 0.15) is 5.70 Å². The molecule has 0 unspecified atom stereocenters. The first kappa shape index (κ1) is 27.0. The quantitative estimate of drug-likeness (QED) is 0.166. The van der Waals surface area contributed by atoms with Crippen LogP contribution in [0.4, 0.5) is 11.5 Å². The third-order valence-electron chi connectivity index (χ3n) is 5.40. The van der Waals surface area contributed by atoms with Gasteiger partial charge in [0, 0.05) is 35.9 Å². The summed E-state index contributed by atoms with van der Waals surface area (Å²) in [5.41, 5.74) is 1.46. The minimum atomic E-state index is -4.25. The Morgan fingerprint density at radius 3 is 2.68 bits per heavy atom. The molecule has 15 heteroatoms. The van der Waals surface area contributed by atoms with Gasteiger partial charge in [-0.2, -0.15) is 13.5 Å². The maximum atomic E-state index is 13.4. The van der Waals surface area contributed by atoms with Crippen molar-refractivity contribution in [2.45, 2.75) is 6.92 Å². The van der Waals surface area contributed by atoms with Crippen LogP contribution in [0.15, 0.2) is 48.0 Å². The van der Waals surface area contributed by atoms with Gasteiger partial charge in [0.25, 0.3) is 16.0 Å². The zero-order valence-electron chi connectivity index (χ0n) is 19.6. The third-order valence-corrected chi connectivity index (χ3v) is 6.74. The molecule has 37 heavy (non-hydrogen) atoms. The number of H-pyrrole nitrogens is 1. The lowest BCUT2D eigenvalue weighted by Gasteiger charge is -2.19. The molecule has 0 spiro atoms. The van der Waals surface area contributed by atoms with Crippen molar-refractivity contribution in [3.05, 3.63) is 58.7 Å². The number of anilines is 2. The van der Waals surface area contributed by atoms with Crippen LogP contribution in [0.2, 0.25) is 5.02 Å². The number of aliphatic hydroxyl groups excluding tert-OH is 1. The number of nitrogens with zero attached hydrogens (tertiary/aromatic N) is 4. The van der Waals surface area contributed by atoms with Gasteiger partial charge in [0.2, 0.25) is 5.88 Å². The van der Waals surface area contributed by atoms with E-state index in [1.54, 1.807) is 36.1 Å². The standard InChI is InChI=1S/C22H24ClN5O7S2/c1-14-12-19(25-24-14)28-21(30)16(27(22(28)36)6-9-34-10-8-29)3-5-20-26(7-11-37(31,32)33)17-13-15(23)2-4-18(17)35-20/h2-5,12-13,29H,6-11H2,1H3,(H,24,25)(H,31,32,33). The van der Waals surface area contributed by atoms with Crippen molar-refractivity contribution >= 4 is 56.5 Å². The summed E-state index contributed by atoms with van der Waals surface area (Å²) in [4.78, 5) is 17.8. The number of thiocarbonyl (C=S) groups is 1. The van der Waals surface area contributed by atoms with E-state index in [1.807, 2.05) is 0 Å². The second kappa shape index (κ2) is 11.2. The van der Waals surface area contributed by atoms with Crippen LogP contribution in [-0.2, 0) is 19.6 Å². The van der Waals surface area contributed by atoms with Crippen molar-refractivity contribution in [2.75, 3.05) is 48.5 Å². The van der Waals surface area contributed by atoms with Crippen LogP contribution < -0.4 is 14.5 Å². The summed E-state index contributed by atoms with van der Waals surface area (Å²) in [5.74, 6) is -0.00428. The molecule has 2 aromatic rings. The number of aryl methyl sites for hydroxylation is 1. The Labute approximate surface area is 223 Å². The van der Waals surface area contributed by atoms with Gasteiger partial charge < -0.3 is 24.4 Å². The molecular formula is C22H24ClN5O7S2. The van der Waals surface area contributed by atoms with E-state index < -0.39 is 21.8 Å². The van der Waals surface area contributed by atoms with Crippen molar-refractivity contribution in [2.24, 2.45) is 0 Å². The summed E-state index contributed by atoms with van der Waals surface area (Å²) in [6, 6.07) is 6.55. The predicted molar refractivity (Wildman–Crippen MR) is 140 cm³/mol. The van der Waals surface area contributed by atoms with E-state index in [9.17, 15) is 17.8 Å². The highest BCUT2D eigenvalue weighted by Crippen LogP contribution is 2.40. The van der Waals surface area contributed by atoms with Crippen molar-refractivity contribution in [1.29, 1.82) is 0 Å². The van der Waals surface area contributed by atoms with E-state index in [1.165, 1.54) is 22.0 Å². The van der Waals surface area contributed by atoms with Gasteiger partial charge in [0.15, 0.2) is 16.7 Å². The number of allylic oxidation sites excluding steroid dienone is 2. The Morgan fingerprint density at radius 1 is 1.22 bits per heavy atom. The number of carbonyl (C=O) groups is 1. The molecule has 0 aliphatic carbocycles. The summed E-state index contributed by atoms with van der Waals surface area (Å²) in [7, 11) is -4.25. The molecule has 0 bridgehead atoms. The van der Waals surface area contributed by atoms with Gasteiger partial charge >= 0.3 is 0 Å². The second-order valence-corrected chi connectivity index (χ2v) is 10.4. The number of nitrogens with one attached hydrogen (secondary N) is 1. The lowest BCUT2D eigenvalue weighted by atomic mass is 10.3. The topological polar surface area (TPSA) is 149 Å². The summed E-state index contributed by atoms with van der Waals surface area (Å²) in [6.07, 6.45) is 3.01. The van der Waals surface area contributed by atoms with E-state index in [0.29, 0.717) is 22.3 Å². The molecule has 0 atom stereocenters. The van der Waals surface area contributed by atoms with Gasteiger partial charge in [-0.25, -0.2) is 4.90 Å². The van der Waals surface area contributed by atoms with Crippen LogP contribution in [-0.4, -0.2) is 82.9 Å². The number of carbonyl (C=O) groups excluding carboxylic acids is 1. The molecule has 2 aliphatic rings. The number of hydrogen-bond donors (Lipinski definition) is 3. The molecule has 0 saturated carbocycles. The minimum absolute atomic E-state index is 0.120. The number of aliphatic hydroxyl groups is 1. The number of aromatic nitrogens is 2. The smallest absolute Gasteiger partial charge is 0.282 e. The second-order valence-electron chi connectivity index (χ2n) is 8.03.